The maximum Gasteiger partial charge on any atom is 0.140 e. The molecule has 0 saturated carbocycles. The van der Waals surface area contributed by atoms with Gasteiger partial charge in [0.15, 0.2) is 0 Å². The van der Waals surface area contributed by atoms with E-state index >= 15 is 0 Å². The summed E-state index contributed by atoms with van der Waals surface area (Å²) in [5.41, 5.74) is 42.6. The third-order valence-electron chi connectivity index (χ3n) is 21.4. The van der Waals surface area contributed by atoms with E-state index in [-0.39, 0.29) is 0 Å². The van der Waals surface area contributed by atoms with Crippen molar-refractivity contribution in [2.45, 2.75) is 0 Å². The summed E-state index contributed by atoms with van der Waals surface area (Å²) in [5, 5.41) is 23.2. The van der Waals surface area contributed by atoms with Gasteiger partial charge in [0.25, 0.3) is 0 Å². The van der Waals surface area contributed by atoms with E-state index in [0.717, 1.165) is 0 Å². The van der Waals surface area contributed by atoms with Gasteiger partial charge >= 0.3 is 0 Å². The third-order valence-corrected chi connectivity index (χ3v) is 21.4. The SMILES string of the molecule is Bc1c(B)c(B)c2c(c1B)c(B)c(B)c1c(-c3c(B)c(B)c4c(B)c(B)c5c(B)c(B)c(B)c6c(B)c(B)c3c4c56)c(B)c(-c3c(B)c(B)c4c(B)c(B)c5c(B)c(B)c(B)c6c(B)c(B)c3c4c56)c(B)c12. The van der Waals surface area contributed by atoms with E-state index in [2.05, 4.69) is 204 Å². The van der Waals surface area contributed by atoms with Crippen molar-refractivity contribution < 1.29 is 0 Å². The zero-order valence-corrected chi connectivity index (χ0v) is 49.0. The normalized spacial score (nSPS) is 12.2. The zero-order chi connectivity index (χ0) is 52.6. The quantitative estimate of drug-likeness (QED) is 0.120. The first-order chi connectivity index (χ1) is 33.7. The van der Waals surface area contributed by atoms with E-state index in [9.17, 15) is 0 Å². The minimum Gasteiger partial charge on any atom is -0.101 e. The Morgan fingerprint density at radius 1 is 0.0833 bits per heavy atom. The lowest BCUT2D eigenvalue weighted by atomic mass is 9.55. The highest BCUT2D eigenvalue weighted by Gasteiger charge is 2.32. The molecule has 0 heterocycles. The first kappa shape index (κ1) is 49.9. The number of fused-ring (bicyclic) bond motifs is 3. The molecule has 0 amide bonds. The molecule has 0 aliphatic rings. The largest absolute Gasteiger partial charge is 0.140 e. The fourth-order valence-corrected chi connectivity index (χ4v) is 15.9. The van der Waals surface area contributed by atoms with Gasteiger partial charge < -0.3 is 0 Å². The van der Waals surface area contributed by atoms with E-state index in [0.29, 0.717) is 0 Å². The highest BCUT2D eigenvalue weighted by molar-refractivity contribution is 6.79. The predicted molar refractivity (Wildman–Crippen MR) is 412 cm³/mol. The summed E-state index contributed by atoms with van der Waals surface area (Å²) in [6.45, 7) is 0. The summed E-state index contributed by atoms with van der Waals surface area (Å²) in [6, 6.07) is 0. The highest BCUT2D eigenvalue weighted by Crippen LogP contribution is 2.39. The molecule has 11 aromatic rings. The van der Waals surface area contributed by atoms with E-state index < -0.39 is 0 Å². The van der Waals surface area contributed by atoms with E-state index in [1.807, 2.05) is 0 Å². The molecular weight excluding hydrogens is 834 g/mol. The van der Waals surface area contributed by atoms with Crippen molar-refractivity contribution in [1.29, 1.82) is 0 Å². The monoisotopic (exact) mass is 891 g/mol. The van der Waals surface area contributed by atoms with Crippen LogP contribution in [0.3, 0.4) is 0 Å². The van der Waals surface area contributed by atoms with Gasteiger partial charge in [0.2, 0.25) is 0 Å². The van der Waals surface area contributed by atoms with Gasteiger partial charge in [-0.1, -0.05) is 120 Å². The van der Waals surface area contributed by atoms with Crippen LogP contribution in [-0.4, -0.2) is 204 Å². The van der Waals surface area contributed by atoms with E-state index in [4.69, 9.17) is 0 Å². The molecule has 0 bridgehead atoms. The minimum absolute atomic E-state index is 1.40. The fraction of sp³-hybridized carbons (Fsp3) is 0. The van der Waals surface area contributed by atoms with Crippen molar-refractivity contribution in [2.75, 3.05) is 0 Å². The molecule has 314 valence electrons. The van der Waals surface area contributed by atoms with Crippen LogP contribution in [0.4, 0.5) is 0 Å². The Bertz CT molecular complexity index is 4450. The average Bonchev–Trinajstić information content (AvgIpc) is 3.33. The molecule has 0 fully saturated rings. The molecule has 0 atom stereocenters. The van der Waals surface area contributed by atoms with Gasteiger partial charge in [-0.25, -0.2) is 0 Å². The Labute approximate surface area is 451 Å². The van der Waals surface area contributed by atoms with Gasteiger partial charge in [0.1, 0.15) is 204 Å². The molecule has 72 heavy (non-hydrogen) atoms. The lowest BCUT2D eigenvalue weighted by molar-refractivity contribution is 1.85. The van der Waals surface area contributed by atoms with Crippen LogP contribution in [0.15, 0.2) is 0 Å². The predicted octanol–water partition coefficient (Wildman–Crippen LogP) is -32.2. The van der Waals surface area contributed by atoms with Crippen molar-refractivity contribution >= 4 is 432 Å². The minimum atomic E-state index is 1.40. The Balaban J connectivity index is 1.51. The third kappa shape index (κ3) is 5.70. The number of hydrogen-bond acceptors (Lipinski definition) is 0. The molecule has 0 aliphatic carbocycles. The van der Waals surface area contributed by atoms with Crippen LogP contribution in [0.25, 0.3) is 108 Å². The molecule has 0 saturated heterocycles. The maximum atomic E-state index is 2.53. The number of hydrogen-bond donors (Lipinski definition) is 0. The van der Waals surface area contributed by atoms with Crippen LogP contribution < -0.4 is 142 Å². The Hall–Kier alpha value is -4.29. The van der Waals surface area contributed by atoms with Crippen LogP contribution >= 0.6 is 0 Å². The molecular formula is C46H52B26. The van der Waals surface area contributed by atoms with E-state index in [1.165, 1.54) is 250 Å². The second kappa shape index (κ2) is 16.1. The van der Waals surface area contributed by atoms with Gasteiger partial charge in [0.05, 0.1) is 0 Å². The summed E-state index contributed by atoms with van der Waals surface area (Å²) in [7, 11) is 62.9. The van der Waals surface area contributed by atoms with Gasteiger partial charge in [-0.2, -0.15) is 0 Å². The number of benzene rings is 11. The Morgan fingerprint density at radius 3 is 0.542 bits per heavy atom. The van der Waals surface area contributed by atoms with Gasteiger partial charge in [-0.15, -0.1) is 21.9 Å². The summed E-state index contributed by atoms with van der Waals surface area (Å²) < 4.78 is 0. The Kier molecular flexibility index (Phi) is 11.2. The second-order valence-electron chi connectivity index (χ2n) is 23.8. The van der Waals surface area contributed by atoms with Crippen LogP contribution in [0.2, 0.25) is 0 Å². The molecule has 0 radical (unpaired) electrons. The molecule has 0 aromatic heterocycles. The van der Waals surface area contributed by atoms with Crippen molar-refractivity contribution in [3.63, 3.8) is 0 Å². The van der Waals surface area contributed by atoms with Crippen molar-refractivity contribution in [2.24, 2.45) is 0 Å². The maximum absolute atomic E-state index is 2.53. The summed E-state index contributed by atoms with van der Waals surface area (Å²) >= 11 is 0. The van der Waals surface area contributed by atoms with Gasteiger partial charge in [-0.3, -0.25) is 0 Å². The van der Waals surface area contributed by atoms with Gasteiger partial charge in [-0.05, 0) is 108 Å². The first-order valence-corrected chi connectivity index (χ1v) is 27.0. The van der Waals surface area contributed by atoms with Crippen LogP contribution in [0.5, 0.6) is 0 Å². The van der Waals surface area contributed by atoms with Crippen molar-refractivity contribution in [3.05, 3.63) is 0 Å². The van der Waals surface area contributed by atoms with Crippen molar-refractivity contribution in [1.82, 2.24) is 0 Å². The standard InChI is InChI=1S/C46H52B26/c47-21-7(9-5-1-3-15(31(57)23(5)49)38(64)43(69)40(66)17(3)35(61)33(59)13(1)29(55)25(9)51)10-8(12-20(37(63)26(10)52)42(68)46(72)45(71)28(12)54)22(48)19(21)11-6-2-4-16(32(58)24(6)50)39(65)44(70)41(67)18(4)36(62)34(60)14(2)30(56)27(11)53/h47-72H2. The topological polar surface area (TPSA) is 0 Å². The average molecular weight is 886 g/mol. The smallest absolute Gasteiger partial charge is 0.101 e. The molecule has 26 heteroatoms. The molecule has 0 spiro atoms. The summed E-state index contributed by atoms with van der Waals surface area (Å²) in [4.78, 5) is 0. The second-order valence-corrected chi connectivity index (χ2v) is 23.8. The Morgan fingerprint density at radius 2 is 0.236 bits per heavy atom. The molecule has 0 aliphatic heterocycles. The van der Waals surface area contributed by atoms with Gasteiger partial charge in [0, 0.05) is 0 Å². The summed E-state index contributed by atoms with van der Waals surface area (Å²) in [5.74, 6) is 0. The lowest BCUT2D eigenvalue weighted by Crippen LogP contribution is -2.51. The first-order valence-electron chi connectivity index (χ1n) is 27.0. The number of rotatable bonds is 2. The summed E-state index contributed by atoms with van der Waals surface area (Å²) in [6.07, 6.45) is 0. The molecule has 11 aromatic carbocycles. The van der Waals surface area contributed by atoms with Crippen molar-refractivity contribution in [3.8, 4) is 22.3 Å². The lowest BCUT2D eigenvalue weighted by Gasteiger charge is -2.33. The zero-order valence-electron chi connectivity index (χ0n) is 49.0. The van der Waals surface area contributed by atoms with E-state index in [1.54, 1.807) is 0 Å². The van der Waals surface area contributed by atoms with Crippen LogP contribution in [-0.2, 0) is 0 Å². The van der Waals surface area contributed by atoms with Crippen LogP contribution in [0, 0.1) is 0 Å². The fourth-order valence-electron chi connectivity index (χ4n) is 15.9. The van der Waals surface area contributed by atoms with Crippen LogP contribution in [0.1, 0.15) is 0 Å². The highest BCUT2D eigenvalue weighted by atomic mass is 14.3. The molecule has 0 nitrogen and oxygen atoms in total. The molecule has 0 unspecified atom stereocenters. The molecule has 0 N–H and O–H groups in total. The molecule has 11 rings (SSSR count).